The minimum Gasteiger partial charge on any atom is -0.299 e. The van der Waals surface area contributed by atoms with Crippen molar-refractivity contribution in [2.45, 2.75) is 26.4 Å². The van der Waals surface area contributed by atoms with Gasteiger partial charge in [0.2, 0.25) is 0 Å². The lowest BCUT2D eigenvalue weighted by Crippen LogP contribution is -2.23. The predicted octanol–water partition coefficient (Wildman–Crippen LogP) is 0.583. The normalized spacial score (nSPS) is 9.67. The van der Waals surface area contributed by atoms with Gasteiger partial charge in [0.1, 0.15) is 6.54 Å². The van der Waals surface area contributed by atoms with Crippen LogP contribution in [0.5, 0.6) is 0 Å². The van der Waals surface area contributed by atoms with Crippen LogP contribution >= 0.6 is 0 Å². The van der Waals surface area contributed by atoms with Crippen molar-refractivity contribution in [3.8, 4) is 6.07 Å². The van der Waals surface area contributed by atoms with E-state index in [1.807, 2.05) is 13.0 Å². The molecule has 1 aromatic rings. The molecule has 1 rings (SSSR count). The van der Waals surface area contributed by atoms with Crippen molar-refractivity contribution in [2.75, 3.05) is 0 Å². The largest absolute Gasteiger partial charge is 0.329 e. The van der Waals surface area contributed by atoms with Gasteiger partial charge in [-0.2, -0.15) is 5.26 Å². The van der Waals surface area contributed by atoms with Crippen molar-refractivity contribution >= 4 is 0 Å². The van der Waals surface area contributed by atoms with Gasteiger partial charge < -0.3 is 0 Å². The Balaban J connectivity index is 2.91. The summed E-state index contributed by atoms with van der Waals surface area (Å²) in [7, 11) is 0. The summed E-state index contributed by atoms with van der Waals surface area (Å²) >= 11 is 0. The van der Waals surface area contributed by atoms with Crippen molar-refractivity contribution in [1.29, 1.82) is 5.26 Å². The van der Waals surface area contributed by atoms with Gasteiger partial charge in [0.05, 0.1) is 6.07 Å². The molecule has 0 aliphatic heterocycles. The molecular weight excluding hydrogens is 154 g/mol. The van der Waals surface area contributed by atoms with Crippen LogP contribution in [0.15, 0.2) is 17.2 Å². The number of imidazole rings is 1. The van der Waals surface area contributed by atoms with Crippen LogP contribution in [0.3, 0.4) is 0 Å². The highest BCUT2D eigenvalue weighted by Crippen LogP contribution is 1.87. The maximum Gasteiger partial charge on any atom is 0.329 e. The topological polar surface area (TPSA) is 50.7 Å². The first kappa shape index (κ1) is 8.60. The highest BCUT2D eigenvalue weighted by molar-refractivity contribution is 4.85. The number of hydrogen-bond donors (Lipinski definition) is 0. The van der Waals surface area contributed by atoms with Crippen LogP contribution < -0.4 is 5.69 Å². The quantitative estimate of drug-likeness (QED) is 0.658. The Morgan fingerprint density at radius 3 is 2.75 bits per heavy atom. The summed E-state index contributed by atoms with van der Waals surface area (Å²) in [5.41, 5.74) is -0.0987. The molecule has 1 heterocycles. The van der Waals surface area contributed by atoms with Crippen LogP contribution in [0.1, 0.15) is 13.3 Å². The molecule has 0 fully saturated rings. The Labute approximate surface area is 70.7 Å². The predicted molar refractivity (Wildman–Crippen MR) is 44.6 cm³/mol. The van der Waals surface area contributed by atoms with Gasteiger partial charge in [-0.1, -0.05) is 6.92 Å². The van der Waals surface area contributed by atoms with Gasteiger partial charge in [-0.15, -0.1) is 0 Å². The fourth-order valence-corrected chi connectivity index (χ4v) is 1.06. The zero-order valence-corrected chi connectivity index (χ0v) is 7.03. The third-order valence-corrected chi connectivity index (χ3v) is 1.62. The molecule has 0 atom stereocenters. The summed E-state index contributed by atoms with van der Waals surface area (Å²) in [5.74, 6) is 0. The van der Waals surface area contributed by atoms with Gasteiger partial charge in [0.25, 0.3) is 0 Å². The van der Waals surface area contributed by atoms with Crippen LogP contribution in [0.2, 0.25) is 0 Å². The van der Waals surface area contributed by atoms with Gasteiger partial charge in [-0.25, -0.2) is 4.79 Å². The molecule has 0 saturated heterocycles. The molecule has 0 N–H and O–H groups in total. The Hall–Kier alpha value is -1.50. The molecule has 0 aliphatic carbocycles. The molecule has 0 amide bonds. The van der Waals surface area contributed by atoms with Crippen LogP contribution in [0.4, 0.5) is 0 Å². The average Bonchev–Trinajstić information content (AvgIpc) is 2.38. The van der Waals surface area contributed by atoms with E-state index in [4.69, 9.17) is 5.26 Å². The summed E-state index contributed by atoms with van der Waals surface area (Å²) in [6.07, 6.45) is 4.28. The Kier molecular flexibility index (Phi) is 2.70. The lowest BCUT2D eigenvalue weighted by atomic mass is 10.5. The van der Waals surface area contributed by atoms with E-state index in [9.17, 15) is 4.79 Å². The second-order valence-corrected chi connectivity index (χ2v) is 2.56. The zero-order chi connectivity index (χ0) is 8.97. The van der Waals surface area contributed by atoms with Gasteiger partial charge in [0, 0.05) is 18.9 Å². The highest BCUT2D eigenvalue weighted by atomic mass is 16.1. The van der Waals surface area contributed by atoms with E-state index in [-0.39, 0.29) is 12.2 Å². The molecule has 64 valence electrons. The van der Waals surface area contributed by atoms with E-state index < -0.39 is 0 Å². The summed E-state index contributed by atoms with van der Waals surface area (Å²) in [6, 6.07) is 1.93. The second-order valence-electron chi connectivity index (χ2n) is 2.56. The van der Waals surface area contributed by atoms with Crippen molar-refractivity contribution < 1.29 is 0 Å². The molecule has 4 nitrogen and oxygen atoms in total. The first-order chi connectivity index (χ1) is 5.79. The molecule has 0 aromatic carbocycles. The number of hydrogen-bond acceptors (Lipinski definition) is 2. The highest BCUT2D eigenvalue weighted by Gasteiger charge is 1.99. The van der Waals surface area contributed by atoms with Crippen molar-refractivity contribution in [3.05, 3.63) is 22.9 Å². The summed E-state index contributed by atoms with van der Waals surface area (Å²) in [4.78, 5) is 11.3. The maximum absolute atomic E-state index is 11.3. The van der Waals surface area contributed by atoms with Crippen LogP contribution in [0.25, 0.3) is 0 Å². The number of nitrogens with zero attached hydrogens (tertiary/aromatic N) is 3. The van der Waals surface area contributed by atoms with Crippen LogP contribution in [-0.4, -0.2) is 9.13 Å². The molecular formula is C8H11N3O. The lowest BCUT2D eigenvalue weighted by molar-refractivity contribution is 0.628. The monoisotopic (exact) mass is 165 g/mol. The molecule has 1 aromatic heterocycles. The summed E-state index contributed by atoms with van der Waals surface area (Å²) in [6.45, 7) is 2.86. The Morgan fingerprint density at radius 2 is 2.17 bits per heavy atom. The molecule has 12 heavy (non-hydrogen) atoms. The number of nitriles is 1. The number of rotatable bonds is 3. The average molecular weight is 165 g/mol. The van der Waals surface area contributed by atoms with Gasteiger partial charge in [0.15, 0.2) is 0 Å². The minimum absolute atomic E-state index is 0.0987. The minimum atomic E-state index is -0.0987. The van der Waals surface area contributed by atoms with Gasteiger partial charge >= 0.3 is 5.69 Å². The van der Waals surface area contributed by atoms with Crippen molar-refractivity contribution in [3.63, 3.8) is 0 Å². The van der Waals surface area contributed by atoms with Crippen molar-refractivity contribution in [2.24, 2.45) is 0 Å². The third kappa shape index (κ3) is 1.56. The molecule has 0 spiro atoms. The molecule has 4 heteroatoms. The van der Waals surface area contributed by atoms with Gasteiger partial charge in [-0.05, 0) is 6.42 Å². The smallest absolute Gasteiger partial charge is 0.299 e. The van der Waals surface area contributed by atoms with E-state index in [0.29, 0.717) is 0 Å². The molecule has 0 aliphatic rings. The van der Waals surface area contributed by atoms with E-state index >= 15 is 0 Å². The summed E-state index contributed by atoms with van der Waals surface area (Å²) in [5, 5.41) is 8.36. The fraction of sp³-hybridized carbons (Fsp3) is 0.500. The molecule has 0 saturated carbocycles. The van der Waals surface area contributed by atoms with E-state index in [1.54, 1.807) is 17.0 Å². The first-order valence-corrected chi connectivity index (χ1v) is 3.92. The van der Waals surface area contributed by atoms with Crippen LogP contribution in [-0.2, 0) is 13.1 Å². The zero-order valence-electron chi connectivity index (χ0n) is 7.03. The Bertz CT molecular complexity index is 342. The van der Waals surface area contributed by atoms with E-state index in [2.05, 4.69) is 0 Å². The fourth-order valence-electron chi connectivity index (χ4n) is 1.06. The summed E-state index contributed by atoms with van der Waals surface area (Å²) < 4.78 is 3.01. The third-order valence-electron chi connectivity index (χ3n) is 1.62. The van der Waals surface area contributed by atoms with E-state index in [1.165, 1.54) is 4.57 Å². The van der Waals surface area contributed by atoms with Gasteiger partial charge in [-0.3, -0.25) is 9.13 Å². The molecule has 0 bridgehead atoms. The standard InChI is InChI=1S/C8H11N3O/c1-2-4-10-6-7-11(5-3-9)8(10)12/h6-7H,2,4-5H2,1H3. The second kappa shape index (κ2) is 3.77. The lowest BCUT2D eigenvalue weighted by Gasteiger charge is -1.95. The van der Waals surface area contributed by atoms with E-state index in [0.717, 1.165) is 13.0 Å². The first-order valence-electron chi connectivity index (χ1n) is 3.92. The van der Waals surface area contributed by atoms with Crippen molar-refractivity contribution in [1.82, 2.24) is 9.13 Å². The number of aryl methyl sites for hydroxylation is 1. The SMILES string of the molecule is CCCn1ccn(CC#N)c1=O. The Morgan fingerprint density at radius 1 is 1.50 bits per heavy atom. The maximum atomic E-state index is 11.3. The van der Waals surface area contributed by atoms with Crippen LogP contribution in [0, 0.1) is 11.3 Å². The number of aromatic nitrogens is 2. The molecule has 0 unspecified atom stereocenters. The molecule has 0 radical (unpaired) electrons.